The molecule has 1 amide bonds. The molecule has 4 nitrogen and oxygen atoms in total. The monoisotopic (exact) mass is 241 g/mol. The molecule has 18 heavy (non-hydrogen) atoms. The second kappa shape index (κ2) is 4.14. The topological polar surface area (TPSA) is 59.3 Å². The molecule has 1 aliphatic heterocycles. The number of rotatable bonds is 2. The summed E-state index contributed by atoms with van der Waals surface area (Å²) in [7, 11) is 0. The van der Waals surface area contributed by atoms with Gasteiger partial charge in [0, 0.05) is 17.7 Å². The lowest BCUT2D eigenvalue weighted by molar-refractivity contribution is -0.116. The van der Waals surface area contributed by atoms with Gasteiger partial charge in [0.05, 0.1) is 6.26 Å². The number of nitrogens with one attached hydrogen (secondary N) is 1. The Morgan fingerprint density at radius 3 is 2.89 bits per heavy atom. The molecule has 2 aromatic rings. The van der Waals surface area contributed by atoms with E-state index >= 15 is 0 Å². The molecule has 1 aliphatic rings. The number of aryl methyl sites for hydroxylation is 1. The maximum atomic E-state index is 12.1. The van der Waals surface area contributed by atoms with Gasteiger partial charge in [0.1, 0.15) is 0 Å². The zero-order valence-electron chi connectivity index (χ0n) is 9.60. The molecule has 0 unspecified atom stereocenters. The Kier molecular flexibility index (Phi) is 2.48. The summed E-state index contributed by atoms with van der Waals surface area (Å²) in [6.07, 6.45) is 2.61. The summed E-state index contributed by atoms with van der Waals surface area (Å²) >= 11 is 0. The van der Waals surface area contributed by atoms with Gasteiger partial charge in [0.2, 0.25) is 11.7 Å². The van der Waals surface area contributed by atoms with Gasteiger partial charge in [0.15, 0.2) is 5.76 Å². The van der Waals surface area contributed by atoms with Crippen LogP contribution in [0.4, 0.5) is 5.69 Å². The van der Waals surface area contributed by atoms with E-state index in [-0.39, 0.29) is 11.7 Å². The lowest BCUT2D eigenvalue weighted by Crippen LogP contribution is -2.19. The van der Waals surface area contributed by atoms with Crippen molar-refractivity contribution in [3.05, 3.63) is 53.5 Å². The first-order chi connectivity index (χ1) is 8.74. The molecule has 3 rings (SSSR count). The van der Waals surface area contributed by atoms with E-state index in [9.17, 15) is 9.59 Å². The van der Waals surface area contributed by atoms with E-state index in [0.717, 1.165) is 11.3 Å². The smallest absolute Gasteiger partial charge is 0.228 e. The van der Waals surface area contributed by atoms with Gasteiger partial charge >= 0.3 is 0 Å². The summed E-state index contributed by atoms with van der Waals surface area (Å²) in [6.45, 7) is 0. The minimum Gasteiger partial charge on any atom is -0.461 e. The van der Waals surface area contributed by atoms with Crippen LogP contribution in [0, 0.1) is 0 Å². The fourth-order valence-electron chi connectivity index (χ4n) is 2.07. The summed E-state index contributed by atoms with van der Waals surface area (Å²) < 4.78 is 5.09. The normalized spacial score (nSPS) is 13.9. The highest BCUT2D eigenvalue weighted by Crippen LogP contribution is 2.24. The third-order valence-electron chi connectivity index (χ3n) is 3.01. The van der Waals surface area contributed by atoms with Gasteiger partial charge in [-0.3, -0.25) is 9.59 Å². The quantitative estimate of drug-likeness (QED) is 0.821. The first-order valence-electron chi connectivity index (χ1n) is 5.75. The van der Waals surface area contributed by atoms with Crippen molar-refractivity contribution in [1.29, 1.82) is 0 Å². The molecule has 0 atom stereocenters. The average molecular weight is 241 g/mol. The Hall–Kier alpha value is -2.36. The molecule has 0 radical (unpaired) electrons. The SMILES string of the molecule is O=C1CCc2cc(C(=O)c3ccco3)ccc2N1. The average Bonchev–Trinajstić information content (AvgIpc) is 2.91. The molecule has 0 fully saturated rings. The van der Waals surface area contributed by atoms with Crippen LogP contribution in [0.15, 0.2) is 41.0 Å². The number of hydrogen-bond donors (Lipinski definition) is 1. The van der Waals surface area contributed by atoms with Crippen LogP contribution < -0.4 is 5.32 Å². The second-order valence-electron chi connectivity index (χ2n) is 4.23. The number of hydrogen-bond acceptors (Lipinski definition) is 3. The van der Waals surface area contributed by atoms with E-state index < -0.39 is 0 Å². The minimum absolute atomic E-state index is 0.0209. The molecule has 0 bridgehead atoms. The van der Waals surface area contributed by atoms with Gasteiger partial charge in [-0.25, -0.2) is 0 Å². The van der Waals surface area contributed by atoms with Gasteiger partial charge in [-0.2, -0.15) is 0 Å². The maximum Gasteiger partial charge on any atom is 0.228 e. The number of fused-ring (bicyclic) bond motifs is 1. The van der Waals surface area contributed by atoms with Crippen LogP contribution in [0.2, 0.25) is 0 Å². The second-order valence-corrected chi connectivity index (χ2v) is 4.23. The number of carbonyl (C=O) groups excluding carboxylic acids is 2. The van der Waals surface area contributed by atoms with Gasteiger partial charge in [0.25, 0.3) is 0 Å². The highest BCUT2D eigenvalue weighted by Gasteiger charge is 2.18. The molecule has 90 valence electrons. The standard InChI is InChI=1S/C14H11NO3/c16-13-6-4-9-8-10(3-5-11(9)15-13)14(17)12-2-1-7-18-12/h1-3,5,7-8H,4,6H2,(H,15,16). The largest absolute Gasteiger partial charge is 0.461 e. The third-order valence-corrected chi connectivity index (χ3v) is 3.01. The Bertz CT molecular complexity index is 614. The molecule has 0 aliphatic carbocycles. The number of benzene rings is 1. The molecule has 2 heterocycles. The van der Waals surface area contributed by atoms with Crippen LogP contribution in [-0.4, -0.2) is 11.7 Å². The van der Waals surface area contributed by atoms with E-state index in [2.05, 4.69) is 5.32 Å². The molecule has 0 saturated carbocycles. The predicted molar refractivity (Wildman–Crippen MR) is 65.5 cm³/mol. The van der Waals surface area contributed by atoms with Crippen LogP contribution in [0.3, 0.4) is 0 Å². The molecule has 4 heteroatoms. The summed E-state index contributed by atoms with van der Waals surface area (Å²) in [5, 5.41) is 2.79. The summed E-state index contributed by atoms with van der Waals surface area (Å²) in [5.41, 5.74) is 2.37. The molecule has 0 saturated heterocycles. The van der Waals surface area contributed by atoms with Crippen molar-refractivity contribution in [2.24, 2.45) is 0 Å². The fourth-order valence-corrected chi connectivity index (χ4v) is 2.07. The van der Waals surface area contributed by atoms with Crippen molar-refractivity contribution in [2.45, 2.75) is 12.8 Å². The van der Waals surface area contributed by atoms with Crippen molar-refractivity contribution in [1.82, 2.24) is 0 Å². The van der Waals surface area contributed by atoms with E-state index in [1.54, 1.807) is 24.3 Å². The van der Waals surface area contributed by atoms with Crippen molar-refractivity contribution in [2.75, 3.05) is 5.32 Å². The molecule has 0 spiro atoms. The maximum absolute atomic E-state index is 12.1. The van der Waals surface area contributed by atoms with Crippen molar-refractivity contribution < 1.29 is 14.0 Å². The Labute approximate surface area is 104 Å². The number of ketones is 1. The van der Waals surface area contributed by atoms with Gasteiger partial charge in [-0.05, 0) is 42.3 Å². The number of furan rings is 1. The summed E-state index contributed by atoms with van der Waals surface area (Å²) in [4.78, 5) is 23.3. The van der Waals surface area contributed by atoms with E-state index in [1.165, 1.54) is 6.26 Å². The van der Waals surface area contributed by atoms with Gasteiger partial charge < -0.3 is 9.73 Å². The minimum atomic E-state index is -0.139. The van der Waals surface area contributed by atoms with Crippen LogP contribution >= 0.6 is 0 Å². The number of amides is 1. The van der Waals surface area contributed by atoms with Crippen LogP contribution in [-0.2, 0) is 11.2 Å². The van der Waals surface area contributed by atoms with E-state index in [1.807, 2.05) is 6.07 Å². The summed E-state index contributed by atoms with van der Waals surface area (Å²) in [5.74, 6) is 0.210. The molecule has 1 aromatic carbocycles. The van der Waals surface area contributed by atoms with Crippen molar-refractivity contribution in [3.8, 4) is 0 Å². The van der Waals surface area contributed by atoms with Crippen LogP contribution in [0.5, 0.6) is 0 Å². The molecule has 1 aromatic heterocycles. The van der Waals surface area contributed by atoms with E-state index in [0.29, 0.717) is 24.2 Å². The fraction of sp³-hybridized carbons (Fsp3) is 0.143. The molecule has 1 N–H and O–H groups in total. The lowest BCUT2D eigenvalue weighted by atomic mass is 9.98. The lowest BCUT2D eigenvalue weighted by Gasteiger charge is -2.17. The Morgan fingerprint density at radius 1 is 1.22 bits per heavy atom. The van der Waals surface area contributed by atoms with Gasteiger partial charge in [-0.1, -0.05) is 0 Å². The van der Waals surface area contributed by atoms with E-state index in [4.69, 9.17) is 4.42 Å². The number of anilines is 1. The zero-order valence-corrected chi connectivity index (χ0v) is 9.60. The van der Waals surface area contributed by atoms with Crippen LogP contribution in [0.1, 0.15) is 28.1 Å². The van der Waals surface area contributed by atoms with Crippen LogP contribution in [0.25, 0.3) is 0 Å². The Morgan fingerprint density at radius 2 is 2.11 bits per heavy atom. The van der Waals surface area contributed by atoms with Gasteiger partial charge in [-0.15, -0.1) is 0 Å². The van der Waals surface area contributed by atoms with Crippen molar-refractivity contribution in [3.63, 3.8) is 0 Å². The highest BCUT2D eigenvalue weighted by atomic mass is 16.3. The Balaban J connectivity index is 1.95. The molecular weight excluding hydrogens is 230 g/mol. The first-order valence-corrected chi connectivity index (χ1v) is 5.75. The summed E-state index contributed by atoms with van der Waals surface area (Å²) in [6, 6.07) is 8.62. The first kappa shape index (κ1) is 10.8. The zero-order chi connectivity index (χ0) is 12.5. The predicted octanol–water partition coefficient (Wildman–Crippen LogP) is 2.40. The molecular formula is C14H11NO3. The van der Waals surface area contributed by atoms with Crippen molar-refractivity contribution >= 4 is 17.4 Å². The highest BCUT2D eigenvalue weighted by molar-refractivity contribution is 6.07. The third kappa shape index (κ3) is 1.82. The number of carbonyl (C=O) groups is 2.